The number of hydrogen-bond donors (Lipinski definition) is 2. The predicted octanol–water partition coefficient (Wildman–Crippen LogP) is 4.84. The van der Waals surface area contributed by atoms with Gasteiger partial charge in [0.1, 0.15) is 0 Å². The number of aryl methyl sites for hydroxylation is 1. The number of aliphatic hydroxyl groups is 1. The summed E-state index contributed by atoms with van der Waals surface area (Å²) in [5.41, 5.74) is 4.13. The van der Waals surface area contributed by atoms with E-state index in [2.05, 4.69) is 45.0 Å². The quantitative estimate of drug-likeness (QED) is 0.700. The largest absolute Gasteiger partial charge is 0.389 e. The molecule has 0 radical (unpaired) electrons. The van der Waals surface area contributed by atoms with Crippen molar-refractivity contribution in [1.82, 2.24) is 9.97 Å². The average Bonchev–Trinajstić information content (AvgIpc) is 2.82. The van der Waals surface area contributed by atoms with Crippen LogP contribution < -0.4 is 0 Å². The fraction of sp³-hybridized carbons (Fsp3) is 0.188. The third-order valence-corrected chi connectivity index (χ3v) is 5.14. The number of nitrogens with zero attached hydrogens (tertiary/aromatic N) is 1. The third kappa shape index (κ3) is 3.15. The lowest BCUT2D eigenvalue weighted by atomic mass is 10.1. The van der Waals surface area contributed by atoms with Crippen LogP contribution in [0.1, 0.15) is 24.2 Å². The van der Waals surface area contributed by atoms with Crippen LogP contribution in [0.2, 0.25) is 0 Å². The van der Waals surface area contributed by atoms with E-state index in [9.17, 15) is 5.11 Å². The first-order chi connectivity index (χ1) is 10.0. The zero-order chi connectivity index (χ0) is 15.0. The van der Waals surface area contributed by atoms with E-state index in [1.54, 1.807) is 18.7 Å². The Kier molecular flexibility index (Phi) is 4.06. The lowest BCUT2D eigenvalue weighted by Crippen LogP contribution is -1.91. The number of aliphatic hydroxyl groups excluding tert-OH is 1. The Labute approximate surface area is 135 Å². The van der Waals surface area contributed by atoms with Crippen LogP contribution in [0.15, 0.2) is 50.9 Å². The molecule has 3 nitrogen and oxygen atoms in total. The van der Waals surface area contributed by atoms with Gasteiger partial charge in [0.05, 0.1) is 17.1 Å². The zero-order valence-corrected chi connectivity index (χ0v) is 14.1. The molecule has 0 fully saturated rings. The smallest absolute Gasteiger partial charge is 0.171 e. The van der Waals surface area contributed by atoms with Gasteiger partial charge < -0.3 is 10.1 Å². The van der Waals surface area contributed by atoms with E-state index < -0.39 is 6.10 Å². The van der Waals surface area contributed by atoms with Gasteiger partial charge in [-0.15, -0.1) is 0 Å². The molecule has 1 atom stereocenters. The maximum absolute atomic E-state index is 9.60. The summed E-state index contributed by atoms with van der Waals surface area (Å²) in [6, 6.07) is 12.1. The van der Waals surface area contributed by atoms with Gasteiger partial charge in [0.15, 0.2) is 5.16 Å². The van der Waals surface area contributed by atoms with Gasteiger partial charge in [-0.1, -0.05) is 23.9 Å². The van der Waals surface area contributed by atoms with Crippen LogP contribution >= 0.6 is 27.7 Å². The van der Waals surface area contributed by atoms with Crippen molar-refractivity contribution < 1.29 is 5.11 Å². The van der Waals surface area contributed by atoms with Crippen molar-refractivity contribution in [2.24, 2.45) is 0 Å². The molecular weight excluding hydrogens is 348 g/mol. The third-order valence-electron chi connectivity index (χ3n) is 3.26. The summed E-state index contributed by atoms with van der Waals surface area (Å²) in [6.07, 6.45) is -0.463. The number of imidazole rings is 1. The highest BCUT2D eigenvalue weighted by molar-refractivity contribution is 9.10. The lowest BCUT2D eigenvalue weighted by Gasteiger charge is -2.07. The topological polar surface area (TPSA) is 48.9 Å². The molecule has 0 saturated heterocycles. The van der Waals surface area contributed by atoms with Gasteiger partial charge in [0.25, 0.3) is 0 Å². The molecule has 0 amide bonds. The number of aromatic amines is 1. The number of benzene rings is 2. The van der Waals surface area contributed by atoms with E-state index in [-0.39, 0.29) is 0 Å². The summed E-state index contributed by atoms with van der Waals surface area (Å²) in [6.45, 7) is 3.83. The summed E-state index contributed by atoms with van der Waals surface area (Å²) < 4.78 is 0.961. The van der Waals surface area contributed by atoms with Crippen LogP contribution in [-0.2, 0) is 0 Å². The SMILES string of the molecule is Cc1ccc2nc(Sc3ccc([C@@H](C)O)cc3Br)[nH]c2c1. The Hall–Kier alpha value is -1.30. The Morgan fingerprint density at radius 2 is 2.05 bits per heavy atom. The molecule has 0 spiro atoms. The van der Waals surface area contributed by atoms with Crippen LogP contribution in [0.3, 0.4) is 0 Å². The molecule has 2 aromatic carbocycles. The minimum atomic E-state index is -0.463. The standard InChI is InChI=1S/C16H15BrN2OS/c1-9-3-5-13-14(7-9)19-16(18-13)21-15-6-4-11(10(2)20)8-12(15)17/h3-8,10,20H,1-2H3,(H,18,19)/t10-/m1/s1. The second-order valence-electron chi connectivity index (χ2n) is 5.03. The van der Waals surface area contributed by atoms with E-state index in [4.69, 9.17) is 0 Å². The summed E-state index contributed by atoms with van der Waals surface area (Å²) in [5, 5.41) is 10.5. The van der Waals surface area contributed by atoms with Crippen LogP contribution in [0, 0.1) is 6.92 Å². The molecule has 21 heavy (non-hydrogen) atoms. The molecule has 3 rings (SSSR count). The molecule has 0 saturated carbocycles. The monoisotopic (exact) mass is 362 g/mol. The minimum absolute atomic E-state index is 0.463. The Morgan fingerprint density at radius 1 is 1.24 bits per heavy atom. The molecule has 3 aromatic rings. The van der Waals surface area contributed by atoms with E-state index in [0.29, 0.717) is 0 Å². The highest BCUT2D eigenvalue weighted by Crippen LogP contribution is 2.34. The van der Waals surface area contributed by atoms with E-state index in [0.717, 1.165) is 31.1 Å². The molecule has 0 bridgehead atoms. The molecule has 0 unspecified atom stereocenters. The minimum Gasteiger partial charge on any atom is -0.389 e. The summed E-state index contributed by atoms with van der Waals surface area (Å²) in [5.74, 6) is 0. The Bertz CT molecular complexity index is 798. The molecular formula is C16H15BrN2OS. The van der Waals surface area contributed by atoms with Crippen molar-refractivity contribution in [2.75, 3.05) is 0 Å². The fourth-order valence-electron chi connectivity index (χ4n) is 2.11. The van der Waals surface area contributed by atoms with Crippen molar-refractivity contribution in [3.63, 3.8) is 0 Å². The number of aromatic nitrogens is 2. The van der Waals surface area contributed by atoms with Gasteiger partial charge >= 0.3 is 0 Å². The highest BCUT2D eigenvalue weighted by atomic mass is 79.9. The predicted molar refractivity (Wildman–Crippen MR) is 89.7 cm³/mol. The van der Waals surface area contributed by atoms with Gasteiger partial charge in [0, 0.05) is 9.37 Å². The number of fused-ring (bicyclic) bond motifs is 1. The second kappa shape index (κ2) is 5.83. The van der Waals surface area contributed by atoms with Crippen LogP contribution in [-0.4, -0.2) is 15.1 Å². The molecule has 0 aliphatic heterocycles. The first-order valence-electron chi connectivity index (χ1n) is 6.64. The highest BCUT2D eigenvalue weighted by Gasteiger charge is 2.09. The maximum Gasteiger partial charge on any atom is 0.171 e. The van der Waals surface area contributed by atoms with Gasteiger partial charge in [0.2, 0.25) is 0 Å². The first kappa shape index (κ1) is 14.6. The average molecular weight is 363 g/mol. The summed E-state index contributed by atoms with van der Waals surface area (Å²) in [7, 11) is 0. The van der Waals surface area contributed by atoms with Crippen LogP contribution in [0.25, 0.3) is 11.0 Å². The lowest BCUT2D eigenvalue weighted by molar-refractivity contribution is 0.199. The number of rotatable bonds is 3. The summed E-state index contributed by atoms with van der Waals surface area (Å²) >= 11 is 5.13. The normalized spacial score (nSPS) is 12.8. The molecule has 0 aliphatic rings. The fourth-order valence-corrected chi connectivity index (χ4v) is 3.56. The van der Waals surface area contributed by atoms with Gasteiger partial charge in [-0.05, 0) is 65.2 Å². The van der Waals surface area contributed by atoms with E-state index in [1.165, 1.54) is 5.56 Å². The summed E-state index contributed by atoms with van der Waals surface area (Å²) in [4.78, 5) is 8.98. The Balaban J connectivity index is 1.91. The van der Waals surface area contributed by atoms with Crippen molar-refractivity contribution in [1.29, 1.82) is 0 Å². The van der Waals surface area contributed by atoms with Crippen molar-refractivity contribution in [3.05, 3.63) is 52.0 Å². The Morgan fingerprint density at radius 3 is 2.76 bits per heavy atom. The van der Waals surface area contributed by atoms with Gasteiger partial charge in [-0.3, -0.25) is 0 Å². The first-order valence-corrected chi connectivity index (χ1v) is 8.25. The van der Waals surface area contributed by atoms with E-state index >= 15 is 0 Å². The molecule has 1 heterocycles. The molecule has 1 aromatic heterocycles. The zero-order valence-electron chi connectivity index (χ0n) is 11.7. The van der Waals surface area contributed by atoms with Crippen molar-refractivity contribution in [3.8, 4) is 0 Å². The molecule has 108 valence electrons. The number of hydrogen-bond acceptors (Lipinski definition) is 3. The molecule has 5 heteroatoms. The number of halogens is 1. The van der Waals surface area contributed by atoms with Crippen molar-refractivity contribution in [2.45, 2.75) is 30.0 Å². The molecule has 2 N–H and O–H groups in total. The van der Waals surface area contributed by atoms with Crippen LogP contribution in [0.5, 0.6) is 0 Å². The van der Waals surface area contributed by atoms with Gasteiger partial charge in [-0.25, -0.2) is 4.98 Å². The number of H-pyrrole nitrogens is 1. The second-order valence-corrected chi connectivity index (χ2v) is 6.92. The number of nitrogens with one attached hydrogen (secondary N) is 1. The van der Waals surface area contributed by atoms with Gasteiger partial charge in [-0.2, -0.15) is 0 Å². The van der Waals surface area contributed by atoms with Crippen molar-refractivity contribution >= 4 is 38.7 Å². The maximum atomic E-state index is 9.60. The van der Waals surface area contributed by atoms with Crippen LogP contribution in [0.4, 0.5) is 0 Å². The molecule has 0 aliphatic carbocycles. The van der Waals surface area contributed by atoms with E-state index in [1.807, 2.05) is 24.3 Å².